The number of carbonyl (C=O) groups excluding carboxylic acids is 2. The number of benzene rings is 2. The molecule has 0 aliphatic rings. The first-order chi connectivity index (χ1) is 13.9. The van der Waals surface area contributed by atoms with Gasteiger partial charge in [-0.1, -0.05) is 28.1 Å². The molecule has 1 aromatic heterocycles. The molecule has 0 saturated carbocycles. The second-order valence-corrected chi connectivity index (χ2v) is 8.21. The lowest BCUT2D eigenvalue weighted by Crippen LogP contribution is -2.04. The Bertz CT molecular complexity index is 1100. The van der Waals surface area contributed by atoms with Crippen LogP contribution in [0.1, 0.15) is 48.5 Å². The first-order valence-electron chi connectivity index (χ1n) is 8.82. The summed E-state index contributed by atoms with van der Waals surface area (Å²) in [5.41, 5.74) is 8.54. The number of thiophene rings is 1. The molecule has 2 N–H and O–H groups in total. The number of halogens is 1. The molecule has 5 nitrogen and oxygen atoms in total. The van der Waals surface area contributed by atoms with Crippen molar-refractivity contribution >= 4 is 44.7 Å². The van der Waals surface area contributed by atoms with Crippen LogP contribution in [0, 0.1) is 11.3 Å². The number of ether oxygens (including phenoxy) is 1. The Kier molecular flexibility index (Phi) is 6.47. The molecular formula is C22H17BrN2O3S. The zero-order valence-corrected chi connectivity index (χ0v) is 18.0. The van der Waals surface area contributed by atoms with E-state index in [0.29, 0.717) is 39.5 Å². The maximum absolute atomic E-state index is 12.8. The van der Waals surface area contributed by atoms with Gasteiger partial charge < -0.3 is 10.5 Å². The first-order valence-corrected chi connectivity index (χ1v) is 10.4. The minimum atomic E-state index is -0.375. The van der Waals surface area contributed by atoms with Gasteiger partial charge >= 0.3 is 5.97 Å². The topological polar surface area (TPSA) is 93.2 Å². The average molecular weight is 469 g/mol. The molecule has 29 heavy (non-hydrogen) atoms. The van der Waals surface area contributed by atoms with Gasteiger partial charge in [-0.2, -0.15) is 5.26 Å². The van der Waals surface area contributed by atoms with E-state index in [2.05, 4.69) is 22.0 Å². The van der Waals surface area contributed by atoms with Crippen LogP contribution in [0.15, 0.2) is 53.0 Å². The minimum absolute atomic E-state index is 0.208. The number of nitriles is 1. The van der Waals surface area contributed by atoms with Crippen molar-refractivity contribution in [2.45, 2.75) is 13.3 Å². The van der Waals surface area contributed by atoms with E-state index in [0.717, 1.165) is 10.0 Å². The highest BCUT2D eigenvalue weighted by Gasteiger charge is 2.22. The molecule has 3 rings (SSSR count). The van der Waals surface area contributed by atoms with Crippen molar-refractivity contribution in [1.82, 2.24) is 0 Å². The van der Waals surface area contributed by atoms with E-state index < -0.39 is 0 Å². The van der Waals surface area contributed by atoms with Gasteiger partial charge in [0.2, 0.25) is 5.78 Å². The Hall–Kier alpha value is -2.95. The van der Waals surface area contributed by atoms with E-state index in [9.17, 15) is 14.9 Å². The molecule has 0 aliphatic heterocycles. The maximum Gasteiger partial charge on any atom is 0.338 e. The monoisotopic (exact) mass is 468 g/mol. The summed E-state index contributed by atoms with van der Waals surface area (Å²) in [6.45, 7) is 2.07. The fourth-order valence-electron chi connectivity index (χ4n) is 2.80. The standard InChI is InChI=1S/C22H17BrN2O3S/c1-2-28-22(27)15-5-3-13(4-6-15)11-18-17(12-24)19(25)21(29-18)20(26)14-7-9-16(23)10-8-14/h3-10H,2,11,25H2,1H3. The molecule has 0 radical (unpaired) electrons. The summed E-state index contributed by atoms with van der Waals surface area (Å²) in [5.74, 6) is -0.583. The van der Waals surface area contributed by atoms with E-state index in [-0.39, 0.29) is 17.4 Å². The van der Waals surface area contributed by atoms with E-state index in [1.54, 1.807) is 55.5 Å². The highest BCUT2D eigenvalue weighted by molar-refractivity contribution is 9.10. The maximum atomic E-state index is 12.8. The number of carbonyl (C=O) groups is 2. The Morgan fingerprint density at radius 2 is 1.72 bits per heavy atom. The second kappa shape index (κ2) is 9.03. The lowest BCUT2D eigenvalue weighted by Gasteiger charge is -2.04. The summed E-state index contributed by atoms with van der Waals surface area (Å²) in [6.07, 6.45) is 0.439. The van der Waals surface area contributed by atoms with Crippen LogP contribution in [0.25, 0.3) is 0 Å². The van der Waals surface area contributed by atoms with Gasteiger partial charge in [0.25, 0.3) is 0 Å². The summed E-state index contributed by atoms with van der Waals surface area (Å²) in [5, 5.41) is 9.55. The molecule has 0 unspecified atom stereocenters. The molecule has 3 aromatic rings. The lowest BCUT2D eigenvalue weighted by atomic mass is 10.0. The van der Waals surface area contributed by atoms with Crippen LogP contribution in [0.4, 0.5) is 5.69 Å². The van der Waals surface area contributed by atoms with Crippen molar-refractivity contribution in [3.63, 3.8) is 0 Å². The second-order valence-electron chi connectivity index (χ2n) is 6.19. The number of nitrogens with two attached hydrogens (primary N) is 1. The van der Waals surface area contributed by atoms with Crippen molar-refractivity contribution in [2.24, 2.45) is 0 Å². The summed E-state index contributed by atoms with van der Waals surface area (Å²) >= 11 is 4.58. The molecule has 1 heterocycles. The van der Waals surface area contributed by atoms with Crippen LogP contribution in [0.3, 0.4) is 0 Å². The number of hydrogen-bond acceptors (Lipinski definition) is 6. The van der Waals surface area contributed by atoms with Crippen molar-refractivity contribution in [1.29, 1.82) is 5.26 Å². The number of ketones is 1. The average Bonchev–Trinajstić information content (AvgIpc) is 3.03. The van der Waals surface area contributed by atoms with Crippen LogP contribution in [-0.4, -0.2) is 18.4 Å². The third-order valence-electron chi connectivity index (χ3n) is 4.27. The number of esters is 1. The van der Waals surface area contributed by atoms with Gasteiger partial charge in [-0.15, -0.1) is 11.3 Å². The Balaban J connectivity index is 1.88. The fourth-order valence-corrected chi connectivity index (χ4v) is 4.23. The van der Waals surface area contributed by atoms with Gasteiger partial charge in [-0.25, -0.2) is 4.79 Å². The summed E-state index contributed by atoms with van der Waals surface area (Å²) < 4.78 is 5.85. The predicted octanol–water partition coefficient (Wildman–Crippen LogP) is 4.96. The number of nitrogens with zero attached hydrogens (tertiary/aromatic N) is 1. The Morgan fingerprint density at radius 1 is 1.10 bits per heavy atom. The molecular weight excluding hydrogens is 452 g/mol. The molecule has 7 heteroatoms. The quantitative estimate of drug-likeness (QED) is 0.407. The molecule has 0 amide bonds. The summed E-state index contributed by atoms with van der Waals surface area (Å²) in [6, 6.07) is 16.1. The number of rotatable bonds is 6. The summed E-state index contributed by atoms with van der Waals surface area (Å²) in [7, 11) is 0. The number of hydrogen-bond donors (Lipinski definition) is 1. The van der Waals surface area contributed by atoms with E-state index >= 15 is 0 Å². The molecule has 0 spiro atoms. The SMILES string of the molecule is CCOC(=O)c1ccc(Cc2sc(C(=O)c3ccc(Br)cc3)c(N)c2C#N)cc1. The lowest BCUT2D eigenvalue weighted by molar-refractivity contribution is 0.0526. The highest BCUT2D eigenvalue weighted by atomic mass is 79.9. The summed E-state index contributed by atoms with van der Waals surface area (Å²) in [4.78, 5) is 25.7. The van der Waals surface area contributed by atoms with E-state index in [4.69, 9.17) is 10.5 Å². The molecule has 0 aliphatic carbocycles. The van der Waals surface area contributed by atoms with Crippen molar-refractivity contribution in [2.75, 3.05) is 12.3 Å². The van der Waals surface area contributed by atoms with Gasteiger partial charge in [0, 0.05) is 21.3 Å². The van der Waals surface area contributed by atoms with Crippen molar-refractivity contribution < 1.29 is 14.3 Å². The van der Waals surface area contributed by atoms with Crippen LogP contribution in [0.2, 0.25) is 0 Å². The van der Waals surface area contributed by atoms with Crippen LogP contribution >= 0.6 is 27.3 Å². The smallest absolute Gasteiger partial charge is 0.338 e. The van der Waals surface area contributed by atoms with Gasteiger partial charge in [0.15, 0.2) is 0 Å². The highest BCUT2D eigenvalue weighted by Crippen LogP contribution is 2.34. The van der Waals surface area contributed by atoms with E-state index in [1.807, 2.05) is 0 Å². The van der Waals surface area contributed by atoms with Crippen LogP contribution in [-0.2, 0) is 11.2 Å². The largest absolute Gasteiger partial charge is 0.462 e. The molecule has 0 bridgehead atoms. The molecule has 0 fully saturated rings. The minimum Gasteiger partial charge on any atom is -0.462 e. The number of nitrogen functional groups attached to an aromatic ring is 1. The van der Waals surface area contributed by atoms with Gasteiger partial charge in [-0.05, 0) is 48.9 Å². The van der Waals surface area contributed by atoms with Crippen LogP contribution in [0.5, 0.6) is 0 Å². The van der Waals surface area contributed by atoms with E-state index in [1.165, 1.54) is 11.3 Å². The third-order valence-corrected chi connectivity index (χ3v) is 6.01. The van der Waals surface area contributed by atoms with Gasteiger partial charge in [0.05, 0.1) is 28.3 Å². The molecule has 2 aromatic carbocycles. The third kappa shape index (κ3) is 4.56. The first kappa shape index (κ1) is 20.8. The van der Waals surface area contributed by atoms with Gasteiger partial charge in [0.1, 0.15) is 6.07 Å². The van der Waals surface area contributed by atoms with Crippen molar-refractivity contribution in [3.8, 4) is 6.07 Å². The van der Waals surface area contributed by atoms with Gasteiger partial charge in [-0.3, -0.25) is 4.79 Å². The fraction of sp³-hybridized carbons (Fsp3) is 0.136. The normalized spacial score (nSPS) is 10.4. The molecule has 0 saturated heterocycles. The number of anilines is 1. The Labute approximate surface area is 180 Å². The molecule has 146 valence electrons. The predicted molar refractivity (Wildman–Crippen MR) is 116 cm³/mol. The zero-order chi connectivity index (χ0) is 21.0. The van der Waals surface area contributed by atoms with Crippen molar-refractivity contribution in [3.05, 3.63) is 85.0 Å². The zero-order valence-electron chi connectivity index (χ0n) is 15.6. The molecule has 0 atom stereocenters. The van der Waals surface area contributed by atoms with Crippen LogP contribution < -0.4 is 5.73 Å². The Morgan fingerprint density at radius 3 is 2.31 bits per heavy atom.